The number of nitrogens with one attached hydrogen (secondary N) is 4. The SMILES string of the molecule is NC1=NC=NC2C1N=CN2C1OC(CO[P+](=O)NC(=O)C2CCCN2)CC1O.O=C(O)c1cc(NC(=S)NCCCCCCO)ccc1-c1c2ccc(=O)cc-2oc2cc(O)ccc12. The fourth-order valence-corrected chi connectivity index (χ4v) is 8.73. The lowest BCUT2D eigenvalue weighted by molar-refractivity contribution is -0.121. The number of aliphatic hydroxyl groups excluding tert-OH is 2. The Morgan fingerprint density at radius 2 is 1.88 bits per heavy atom. The van der Waals surface area contributed by atoms with Gasteiger partial charge in [-0.3, -0.25) is 14.6 Å². The summed E-state index contributed by atoms with van der Waals surface area (Å²) in [6.07, 6.45) is 6.08. The number of hydrogen-bond acceptors (Lipinski definition) is 17. The number of phenolic OH excluding ortho intramolecular Hbond substituents is 1. The molecule has 1 aliphatic carbocycles. The van der Waals surface area contributed by atoms with Crippen molar-refractivity contribution in [1.29, 1.82) is 0 Å². The second-order valence-corrected chi connectivity index (χ2v) is 16.8. The Labute approximate surface area is 372 Å². The summed E-state index contributed by atoms with van der Waals surface area (Å²) in [5.41, 5.74) is 8.07. The Kier molecular flexibility index (Phi) is 15.2. The first-order valence-corrected chi connectivity index (χ1v) is 22.3. The predicted molar refractivity (Wildman–Crippen MR) is 243 cm³/mol. The lowest BCUT2D eigenvalue weighted by Gasteiger charge is -2.31. The predicted octanol–water partition coefficient (Wildman–Crippen LogP) is 3.25. The number of thiocarbonyl (C=S) groups is 1. The number of carbonyl (C=O) groups is 2. The molecule has 64 heavy (non-hydrogen) atoms. The highest BCUT2D eigenvalue weighted by molar-refractivity contribution is 7.80. The topological polar surface area (TPSA) is 295 Å². The van der Waals surface area contributed by atoms with Crippen molar-refractivity contribution in [1.82, 2.24) is 20.6 Å². The van der Waals surface area contributed by atoms with Gasteiger partial charge in [-0.1, -0.05) is 18.9 Å². The molecule has 0 spiro atoms. The third-order valence-corrected chi connectivity index (χ3v) is 12.0. The number of benzene rings is 3. The summed E-state index contributed by atoms with van der Waals surface area (Å²) in [7, 11) is -2.36. The van der Waals surface area contributed by atoms with Crippen LogP contribution < -0.4 is 32.2 Å². The number of amidine groups is 1. The lowest BCUT2D eigenvalue weighted by Crippen LogP contribution is -2.50. The van der Waals surface area contributed by atoms with Gasteiger partial charge in [0.15, 0.2) is 22.9 Å². The normalized spacial score (nSPS) is 22.4. The van der Waals surface area contributed by atoms with Gasteiger partial charge in [0.1, 0.15) is 48.0 Å². The quantitative estimate of drug-likeness (QED) is 0.0358. The van der Waals surface area contributed by atoms with E-state index in [1.165, 1.54) is 36.7 Å². The number of carboxylic acid groups (broad SMARTS) is 1. The summed E-state index contributed by atoms with van der Waals surface area (Å²) >= 11 is 5.35. The number of rotatable bonds is 15. The molecular weight excluding hydrogens is 870 g/mol. The molecule has 0 bridgehead atoms. The van der Waals surface area contributed by atoms with Gasteiger partial charge >= 0.3 is 14.1 Å². The van der Waals surface area contributed by atoms with Crippen LogP contribution in [0, 0.1) is 0 Å². The first-order chi connectivity index (χ1) is 30.9. The summed E-state index contributed by atoms with van der Waals surface area (Å²) in [5.74, 6) is -0.827. The Morgan fingerprint density at radius 3 is 2.66 bits per heavy atom. The molecule has 338 valence electrons. The van der Waals surface area contributed by atoms with Crippen molar-refractivity contribution in [3.05, 3.63) is 70.4 Å². The average Bonchev–Trinajstić information content (AvgIpc) is 4.05. The molecule has 0 radical (unpaired) electrons. The minimum atomic E-state index is -2.36. The molecule has 2 aromatic rings. The maximum absolute atomic E-state index is 12.3. The minimum Gasteiger partial charge on any atom is -0.508 e. The number of aromatic carboxylic acids is 1. The number of carbonyl (C=O) groups excluding carboxylic acids is 1. The van der Waals surface area contributed by atoms with Crippen LogP contribution in [0.25, 0.3) is 33.4 Å². The Balaban J connectivity index is 0.000000197. The molecule has 2 saturated heterocycles. The molecular formula is C42H49N9O11PS+. The van der Waals surface area contributed by atoms with Crippen molar-refractivity contribution in [2.45, 2.75) is 81.6 Å². The van der Waals surface area contributed by atoms with Crippen molar-refractivity contribution in [2.75, 3.05) is 31.6 Å². The molecule has 10 N–H and O–H groups in total. The first kappa shape index (κ1) is 46.1. The maximum atomic E-state index is 12.3. The number of carboxylic acids is 1. The third-order valence-electron chi connectivity index (χ3n) is 10.9. The van der Waals surface area contributed by atoms with Gasteiger partial charge in [0.05, 0.1) is 24.0 Å². The zero-order valence-corrected chi connectivity index (χ0v) is 36.2. The van der Waals surface area contributed by atoms with Crippen LogP contribution in [-0.2, 0) is 18.6 Å². The number of ether oxygens (including phenoxy) is 1. The van der Waals surface area contributed by atoms with Crippen LogP contribution in [0.4, 0.5) is 5.69 Å². The summed E-state index contributed by atoms with van der Waals surface area (Å²) in [5, 5.41) is 51.7. The number of unbranched alkanes of at least 4 members (excludes halogenated alkanes) is 3. The molecule has 5 heterocycles. The molecule has 7 unspecified atom stereocenters. The number of aliphatic imine (C=N–C) groups is 3. The largest absolute Gasteiger partial charge is 0.646 e. The zero-order valence-electron chi connectivity index (χ0n) is 34.5. The van der Waals surface area contributed by atoms with Crippen molar-refractivity contribution < 1.29 is 48.3 Å². The van der Waals surface area contributed by atoms with Crippen molar-refractivity contribution in [3.63, 3.8) is 0 Å². The molecule has 0 aromatic heterocycles. The third kappa shape index (κ3) is 11.0. The van der Waals surface area contributed by atoms with Crippen LogP contribution in [0.2, 0.25) is 0 Å². The van der Waals surface area contributed by atoms with Crippen LogP contribution in [0.5, 0.6) is 5.75 Å². The van der Waals surface area contributed by atoms with Crippen LogP contribution >= 0.6 is 20.4 Å². The highest BCUT2D eigenvalue weighted by Gasteiger charge is 2.46. The number of nitrogens with zero attached hydrogens (tertiary/aromatic N) is 4. The summed E-state index contributed by atoms with van der Waals surface area (Å²) in [4.78, 5) is 50.4. The Morgan fingerprint density at radius 1 is 1.06 bits per heavy atom. The number of amides is 1. The monoisotopic (exact) mass is 918 g/mol. The molecule has 1 amide bonds. The van der Waals surface area contributed by atoms with E-state index in [1.54, 1.807) is 35.5 Å². The van der Waals surface area contributed by atoms with Crippen molar-refractivity contribution in [3.8, 4) is 28.2 Å². The van der Waals surface area contributed by atoms with E-state index >= 15 is 0 Å². The molecule has 22 heteroatoms. The van der Waals surface area contributed by atoms with E-state index in [9.17, 15) is 34.3 Å². The summed E-state index contributed by atoms with van der Waals surface area (Å²) in [6, 6.07) is 13.2. The van der Waals surface area contributed by atoms with E-state index in [0.717, 1.165) is 38.6 Å². The molecule has 2 aromatic carbocycles. The van der Waals surface area contributed by atoms with Crippen LogP contribution in [0.3, 0.4) is 0 Å². The molecule has 0 saturated carbocycles. The van der Waals surface area contributed by atoms with Crippen LogP contribution in [0.15, 0.2) is 78.8 Å². The highest BCUT2D eigenvalue weighted by Crippen LogP contribution is 2.42. The van der Waals surface area contributed by atoms with Gasteiger partial charge in [-0.15, -0.1) is 9.61 Å². The summed E-state index contributed by atoms with van der Waals surface area (Å²) < 4.78 is 28.9. The molecule has 8 rings (SSSR count). The van der Waals surface area contributed by atoms with E-state index in [1.807, 2.05) is 0 Å². The number of aliphatic hydroxyl groups is 2. The number of aromatic hydroxyl groups is 1. The fraction of sp³-hybridized carbons (Fsp3) is 0.405. The number of anilines is 1. The second-order valence-electron chi connectivity index (χ2n) is 15.4. The molecule has 6 aliphatic rings. The number of hydrogen-bond donors (Lipinski definition) is 9. The standard InChI is InChI=1S/C27H26N2O6S.C15H22N7O5P/c30-12-4-2-1-3-11-28-27(36)29-16-5-8-19(22(13-16)26(33)34)25-20-9-6-17(31)14-23(20)35-24-15-18(32)7-10-21(24)25;16-12-11-13(19-6-18-12)22(7-20-11)15-10(23)4-8(27-15)5-26-28(25)21-14(24)9-2-1-3-17-9/h5-10,13-15,30-31H,1-4,11-12H2,(H,33,34)(H2,28,29,36);6-11,13,15,17,23H,1-5H2,(H2-,16,18,19,21,24,25)/p+1. The van der Waals surface area contributed by atoms with Gasteiger partial charge in [-0.05, 0) is 91.0 Å². The lowest BCUT2D eigenvalue weighted by atomic mass is 9.90. The smallest absolute Gasteiger partial charge is 0.508 e. The van der Waals surface area contributed by atoms with E-state index in [0.29, 0.717) is 69.4 Å². The molecule has 5 aliphatic heterocycles. The van der Waals surface area contributed by atoms with E-state index in [4.69, 9.17) is 36.7 Å². The first-order valence-electron chi connectivity index (χ1n) is 20.8. The summed E-state index contributed by atoms with van der Waals surface area (Å²) in [6.45, 7) is 1.61. The Bertz CT molecular complexity index is 2500. The van der Waals surface area contributed by atoms with Gasteiger partial charge in [0.2, 0.25) is 0 Å². The van der Waals surface area contributed by atoms with Crippen LogP contribution in [-0.4, -0.2) is 124 Å². The minimum absolute atomic E-state index is 0.0118. The van der Waals surface area contributed by atoms with E-state index in [2.05, 4.69) is 36.0 Å². The van der Waals surface area contributed by atoms with E-state index < -0.39 is 44.8 Å². The molecule has 2 fully saturated rings. The molecule has 20 nitrogen and oxygen atoms in total. The fourth-order valence-electron chi connectivity index (χ4n) is 7.80. The molecule has 7 atom stereocenters. The van der Waals surface area contributed by atoms with Crippen molar-refractivity contribution >= 4 is 72.6 Å². The average molecular weight is 919 g/mol. The second kappa shape index (κ2) is 21.2. The Hall–Kier alpha value is -5.93. The van der Waals surface area contributed by atoms with Gasteiger partial charge in [-0.2, -0.15) is 0 Å². The van der Waals surface area contributed by atoms with Gasteiger partial charge in [0.25, 0.3) is 5.91 Å². The highest BCUT2D eigenvalue weighted by atomic mass is 32.1. The van der Waals surface area contributed by atoms with Crippen LogP contribution in [0.1, 0.15) is 55.3 Å². The van der Waals surface area contributed by atoms with E-state index in [-0.39, 0.29) is 41.9 Å². The van der Waals surface area contributed by atoms with Crippen molar-refractivity contribution in [2.24, 2.45) is 20.7 Å². The zero-order chi connectivity index (χ0) is 45.3. The van der Waals surface area contributed by atoms with Gasteiger partial charge < -0.3 is 56.2 Å². The van der Waals surface area contributed by atoms with Gasteiger partial charge in [-0.25, -0.2) is 14.8 Å². The number of phenols is 1. The van der Waals surface area contributed by atoms with Gasteiger partial charge in [0, 0.05) is 53.9 Å². The maximum Gasteiger partial charge on any atom is 0.646 e. The number of nitrogens with two attached hydrogens (primary N) is 1. The number of fused-ring (bicyclic) bond motifs is 3.